The van der Waals surface area contributed by atoms with Gasteiger partial charge in [0.15, 0.2) is 17.3 Å². The highest BCUT2D eigenvalue weighted by molar-refractivity contribution is 6.03. The molecule has 0 saturated heterocycles. The first-order valence-corrected chi connectivity index (χ1v) is 5.48. The molecule has 0 aliphatic heterocycles. The number of ketones is 2. The van der Waals surface area contributed by atoms with Gasteiger partial charge >= 0.3 is 0 Å². The van der Waals surface area contributed by atoms with Gasteiger partial charge in [0.2, 0.25) is 0 Å². The fraction of sp³-hybridized carbons (Fsp3) is 0.538. The summed E-state index contributed by atoms with van der Waals surface area (Å²) in [5.41, 5.74) is 1.29. The van der Waals surface area contributed by atoms with Crippen molar-refractivity contribution in [1.82, 2.24) is 0 Å². The number of Topliss-reactive ketones (excluding diaryl/α,β-unsaturated/α-hetero) is 2. The van der Waals surface area contributed by atoms with E-state index < -0.39 is 0 Å². The van der Waals surface area contributed by atoms with E-state index in [9.17, 15) is 9.59 Å². The maximum absolute atomic E-state index is 12.0. The Morgan fingerprint density at radius 2 is 1.94 bits per heavy atom. The van der Waals surface area contributed by atoms with Crippen LogP contribution in [0.3, 0.4) is 0 Å². The molecular formula is C13H16O3. The van der Waals surface area contributed by atoms with Crippen LogP contribution < -0.4 is 0 Å². The van der Waals surface area contributed by atoms with Gasteiger partial charge in [-0.15, -0.1) is 0 Å². The van der Waals surface area contributed by atoms with Crippen LogP contribution in [0, 0.1) is 12.3 Å². The van der Waals surface area contributed by atoms with Crippen molar-refractivity contribution in [3.05, 3.63) is 22.6 Å². The molecule has 1 aliphatic carbocycles. The smallest absolute Gasteiger partial charge is 0.195 e. The van der Waals surface area contributed by atoms with E-state index in [4.69, 9.17) is 4.42 Å². The highest BCUT2D eigenvalue weighted by atomic mass is 16.3. The first kappa shape index (κ1) is 11.1. The van der Waals surface area contributed by atoms with E-state index >= 15 is 0 Å². The molecule has 1 aliphatic rings. The van der Waals surface area contributed by atoms with Crippen LogP contribution in [0.15, 0.2) is 4.42 Å². The zero-order valence-electron chi connectivity index (χ0n) is 10.1. The maximum Gasteiger partial charge on any atom is 0.195 e. The Labute approximate surface area is 94.8 Å². The summed E-state index contributed by atoms with van der Waals surface area (Å²) in [5.74, 6) is 1.01. The van der Waals surface area contributed by atoms with Crippen LogP contribution in [-0.2, 0) is 6.42 Å². The predicted octanol–water partition coefficient (Wildman–Crippen LogP) is 2.95. The van der Waals surface area contributed by atoms with Gasteiger partial charge in [-0.2, -0.15) is 0 Å². The van der Waals surface area contributed by atoms with E-state index in [0.29, 0.717) is 29.1 Å². The molecule has 0 amide bonds. The zero-order valence-corrected chi connectivity index (χ0v) is 10.1. The standard InChI is InChI=1S/C13H16O3/c1-7-11-9(15)5-13(3,4)6-10(11)16-12(7)8(2)14/h5-6H2,1-4H3. The normalized spacial score (nSPS) is 18.4. The molecule has 1 aromatic heterocycles. The molecule has 0 atom stereocenters. The average Bonchev–Trinajstić information content (AvgIpc) is 2.40. The van der Waals surface area contributed by atoms with Crippen LogP contribution in [-0.4, -0.2) is 11.6 Å². The van der Waals surface area contributed by atoms with Gasteiger partial charge < -0.3 is 4.42 Å². The third-order valence-corrected chi connectivity index (χ3v) is 3.10. The largest absolute Gasteiger partial charge is 0.457 e. The fourth-order valence-electron chi connectivity index (χ4n) is 2.42. The minimum atomic E-state index is -0.113. The van der Waals surface area contributed by atoms with Crippen LogP contribution in [0.1, 0.15) is 59.4 Å². The van der Waals surface area contributed by atoms with Crippen molar-refractivity contribution in [2.45, 2.75) is 40.5 Å². The van der Waals surface area contributed by atoms with Crippen LogP contribution >= 0.6 is 0 Å². The van der Waals surface area contributed by atoms with Crippen molar-refractivity contribution in [1.29, 1.82) is 0 Å². The summed E-state index contributed by atoms with van der Waals surface area (Å²) in [5, 5.41) is 0. The Bertz CT molecular complexity index is 478. The SMILES string of the molecule is CC(=O)c1oc2c(c1C)C(=O)CC(C)(C)C2. The highest BCUT2D eigenvalue weighted by Gasteiger charge is 2.36. The van der Waals surface area contributed by atoms with Gasteiger partial charge in [0.1, 0.15) is 5.76 Å². The minimum Gasteiger partial charge on any atom is -0.457 e. The summed E-state index contributed by atoms with van der Waals surface area (Å²) in [6.07, 6.45) is 1.25. The maximum atomic E-state index is 12.0. The van der Waals surface area contributed by atoms with Gasteiger partial charge in [-0.25, -0.2) is 0 Å². The molecule has 0 fully saturated rings. The second kappa shape index (κ2) is 3.30. The predicted molar refractivity (Wildman–Crippen MR) is 59.9 cm³/mol. The quantitative estimate of drug-likeness (QED) is 0.683. The number of fused-ring (bicyclic) bond motifs is 1. The first-order chi connectivity index (χ1) is 7.32. The van der Waals surface area contributed by atoms with Gasteiger partial charge in [0, 0.05) is 25.3 Å². The van der Waals surface area contributed by atoms with Crippen LogP contribution in [0.4, 0.5) is 0 Å². The third-order valence-electron chi connectivity index (χ3n) is 3.10. The van der Waals surface area contributed by atoms with Crippen molar-refractivity contribution < 1.29 is 14.0 Å². The molecule has 1 heterocycles. The Balaban J connectivity index is 2.58. The van der Waals surface area contributed by atoms with E-state index in [-0.39, 0.29) is 17.0 Å². The molecule has 86 valence electrons. The summed E-state index contributed by atoms with van der Waals surface area (Å²) in [4.78, 5) is 23.3. The van der Waals surface area contributed by atoms with E-state index in [2.05, 4.69) is 0 Å². The molecular weight excluding hydrogens is 204 g/mol. The topological polar surface area (TPSA) is 47.3 Å². The van der Waals surface area contributed by atoms with Crippen molar-refractivity contribution >= 4 is 11.6 Å². The summed E-state index contributed by atoms with van der Waals surface area (Å²) < 4.78 is 5.53. The lowest BCUT2D eigenvalue weighted by Crippen LogP contribution is -2.26. The van der Waals surface area contributed by atoms with Crippen molar-refractivity contribution in [3.8, 4) is 0 Å². The molecule has 1 aromatic rings. The number of hydrogen-bond acceptors (Lipinski definition) is 3. The highest BCUT2D eigenvalue weighted by Crippen LogP contribution is 2.38. The van der Waals surface area contributed by atoms with Crippen molar-refractivity contribution in [3.63, 3.8) is 0 Å². The van der Waals surface area contributed by atoms with Crippen LogP contribution in [0.5, 0.6) is 0 Å². The Hall–Kier alpha value is -1.38. The summed E-state index contributed by atoms with van der Waals surface area (Å²) in [6, 6.07) is 0. The number of rotatable bonds is 1. The third kappa shape index (κ3) is 1.60. The summed E-state index contributed by atoms with van der Waals surface area (Å²) in [6.45, 7) is 7.33. The minimum absolute atomic E-state index is 0.0670. The molecule has 0 radical (unpaired) electrons. The average molecular weight is 220 g/mol. The second-order valence-electron chi connectivity index (χ2n) is 5.35. The van der Waals surface area contributed by atoms with Gasteiger partial charge in [0.25, 0.3) is 0 Å². The van der Waals surface area contributed by atoms with E-state index in [0.717, 1.165) is 6.42 Å². The Morgan fingerprint density at radius 3 is 2.50 bits per heavy atom. The van der Waals surface area contributed by atoms with Crippen molar-refractivity contribution in [2.75, 3.05) is 0 Å². The van der Waals surface area contributed by atoms with Gasteiger partial charge in [-0.1, -0.05) is 13.8 Å². The lowest BCUT2D eigenvalue weighted by molar-refractivity contribution is 0.0898. The first-order valence-electron chi connectivity index (χ1n) is 5.48. The molecule has 3 nitrogen and oxygen atoms in total. The van der Waals surface area contributed by atoms with Gasteiger partial charge in [0.05, 0.1) is 5.56 Å². The second-order valence-corrected chi connectivity index (χ2v) is 5.35. The molecule has 0 spiro atoms. The summed E-state index contributed by atoms with van der Waals surface area (Å²) in [7, 11) is 0. The molecule has 0 unspecified atom stereocenters. The van der Waals surface area contributed by atoms with Gasteiger partial charge in [-0.3, -0.25) is 9.59 Å². The fourth-order valence-corrected chi connectivity index (χ4v) is 2.42. The number of carbonyl (C=O) groups is 2. The van der Waals surface area contributed by atoms with E-state index in [1.807, 2.05) is 13.8 Å². The van der Waals surface area contributed by atoms with E-state index in [1.165, 1.54) is 6.92 Å². The number of carbonyl (C=O) groups excluding carboxylic acids is 2. The molecule has 16 heavy (non-hydrogen) atoms. The number of hydrogen-bond donors (Lipinski definition) is 0. The lowest BCUT2D eigenvalue weighted by atomic mass is 9.76. The van der Waals surface area contributed by atoms with Crippen molar-refractivity contribution in [2.24, 2.45) is 5.41 Å². The lowest BCUT2D eigenvalue weighted by Gasteiger charge is -2.27. The Morgan fingerprint density at radius 1 is 1.31 bits per heavy atom. The molecule has 0 saturated carbocycles. The summed E-state index contributed by atoms with van der Waals surface area (Å²) >= 11 is 0. The molecule has 0 aromatic carbocycles. The molecule has 0 N–H and O–H groups in total. The molecule has 2 rings (SSSR count). The monoisotopic (exact) mass is 220 g/mol. The van der Waals surface area contributed by atoms with E-state index in [1.54, 1.807) is 6.92 Å². The molecule has 3 heteroatoms. The van der Waals surface area contributed by atoms with Crippen LogP contribution in [0.25, 0.3) is 0 Å². The Kier molecular flexibility index (Phi) is 2.30. The van der Waals surface area contributed by atoms with Gasteiger partial charge in [-0.05, 0) is 12.3 Å². The van der Waals surface area contributed by atoms with Crippen LogP contribution in [0.2, 0.25) is 0 Å². The zero-order chi connectivity index (χ0) is 12.1. The number of furan rings is 1. The molecule has 0 bridgehead atoms.